The lowest BCUT2D eigenvalue weighted by atomic mass is 10.1. The summed E-state index contributed by atoms with van der Waals surface area (Å²) in [6.07, 6.45) is 3.63. The Morgan fingerprint density at radius 3 is 2.76 bits per heavy atom. The molecule has 0 bridgehead atoms. The van der Waals surface area contributed by atoms with Gasteiger partial charge in [-0.1, -0.05) is 17.4 Å². The molecule has 1 amide bonds. The molecule has 4 aromatic rings. The van der Waals surface area contributed by atoms with Crippen molar-refractivity contribution in [2.75, 3.05) is 18.6 Å². The zero-order valence-electron chi connectivity index (χ0n) is 16.6. The van der Waals surface area contributed by atoms with Gasteiger partial charge in [-0.2, -0.15) is 5.10 Å². The van der Waals surface area contributed by atoms with Crippen molar-refractivity contribution in [2.24, 2.45) is 0 Å². The molecule has 7 heteroatoms. The highest BCUT2D eigenvalue weighted by molar-refractivity contribution is 7.22. The minimum atomic E-state index is -0.0636. The van der Waals surface area contributed by atoms with E-state index < -0.39 is 0 Å². The second-order valence-corrected chi connectivity index (χ2v) is 7.86. The monoisotopic (exact) mass is 406 g/mol. The summed E-state index contributed by atoms with van der Waals surface area (Å²) in [7, 11) is 1.64. The summed E-state index contributed by atoms with van der Waals surface area (Å²) in [4.78, 5) is 19.9. The van der Waals surface area contributed by atoms with E-state index in [4.69, 9.17) is 9.72 Å². The maximum atomic E-state index is 13.4. The molecule has 0 aliphatic carbocycles. The SMILES string of the molecule is COc1ccc2nc(N(CCn3cccn3)C(=O)c3ccc(C)c(C)c3)sc2c1. The molecular weight excluding hydrogens is 384 g/mol. The largest absolute Gasteiger partial charge is 0.497 e. The Morgan fingerprint density at radius 1 is 1.17 bits per heavy atom. The number of ether oxygens (including phenoxy) is 1. The van der Waals surface area contributed by atoms with Crippen molar-refractivity contribution in [3.63, 3.8) is 0 Å². The fraction of sp³-hybridized carbons (Fsp3) is 0.227. The molecule has 0 radical (unpaired) electrons. The van der Waals surface area contributed by atoms with Gasteiger partial charge in [0.15, 0.2) is 5.13 Å². The number of hydrogen-bond acceptors (Lipinski definition) is 5. The molecule has 0 aliphatic heterocycles. The predicted octanol–water partition coefficient (Wildman–Crippen LogP) is 4.47. The fourth-order valence-electron chi connectivity index (χ4n) is 3.08. The van der Waals surface area contributed by atoms with E-state index >= 15 is 0 Å². The molecular formula is C22H22N4O2S. The molecule has 148 valence electrons. The molecule has 0 N–H and O–H groups in total. The number of fused-ring (bicyclic) bond motifs is 1. The molecule has 0 saturated carbocycles. The number of methoxy groups -OCH3 is 1. The second kappa shape index (κ2) is 8.05. The van der Waals surface area contributed by atoms with Crippen LogP contribution in [0.15, 0.2) is 54.9 Å². The number of benzene rings is 2. The Hall–Kier alpha value is -3.19. The Labute approximate surface area is 173 Å². The number of hydrogen-bond donors (Lipinski definition) is 0. The Kier molecular flexibility index (Phi) is 5.31. The second-order valence-electron chi connectivity index (χ2n) is 6.86. The van der Waals surface area contributed by atoms with Gasteiger partial charge in [0, 0.05) is 24.5 Å². The highest BCUT2D eigenvalue weighted by Gasteiger charge is 2.22. The van der Waals surface area contributed by atoms with E-state index in [1.54, 1.807) is 18.2 Å². The van der Waals surface area contributed by atoms with Crippen LogP contribution in [-0.4, -0.2) is 34.3 Å². The molecule has 0 aliphatic rings. The summed E-state index contributed by atoms with van der Waals surface area (Å²) in [5.41, 5.74) is 3.77. The lowest BCUT2D eigenvalue weighted by Gasteiger charge is -2.20. The zero-order chi connectivity index (χ0) is 20.4. The van der Waals surface area contributed by atoms with Gasteiger partial charge in [0.1, 0.15) is 5.75 Å². The fourth-order valence-corrected chi connectivity index (χ4v) is 4.10. The molecule has 6 nitrogen and oxygen atoms in total. The van der Waals surface area contributed by atoms with Crippen LogP contribution < -0.4 is 9.64 Å². The molecule has 0 unspecified atom stereocenters. The molecule has 0 fully saturated rings. The van der Waals surface area contributed by atoms with Gasteiger partial charge in [-0.05, 0) is 61.4 Å². The van der Waals surface area contributed by atoms with Gasteiger partial charge in [0.05, 0.1) is 23.9 Å². The average Bonchev–Trinajstić information content (AvgIpc) is 3.39. The van der Waals surface area contributed by atoms with Crippen molar-refractivity contribution < 1.29 is 9.53 Å². The Morgan fingerprint density at radius 2 is 2.03 bits per heavy atom. The molecule has 0 spiro atoms. The van der Waals surface area contributed by atoms with Crippen molar-refractivity contribution in [1.29, 1.82) is 0 Å². The summed E-state index contributed by atoms with van der Waals surface area (Å²) in [6, 6.07) is 13.4. The van der Waals surface area contributed by atoms with Crippen LogP contribution in [0.1, 0.15) is 21.5 Å². The number of aromatic nitrogens is 3. The number of carbonyl (C=O) groups is 1. The van der Waals surface area contributed by atoms with Gasteiger partial charge >= 0.3 is 0 Å². The number of carbonyl (C=O) groups excluding carboxylic acids is 1. The third kappa shape index (κ3) is 4.00. The number of nitrogens with zero attached hydrogens (tertiary/aromatic N) is 4. The summed E-state index contributed by atoms with van der Waals surface area (Å²) in [5.74, 6) is 0.711. The van der Waals surface area contributed by atoms with E-state index in [1.165, 1.54) is 11.3 Å². The van der Waals surface area contributed by atoms with Crippen LogP contribution in [0.25, 0.3) is 10.2 Å². The third-order valence-corrected chi connectivity index (χ3v) is 5.97. The van der Waals surface area contributed by atoms with Crippen LogP contribution in [0.2, 0.25) is 0 Å². The number of anilines is 1. The topological polar surface area (TPSA) is 60.2 Å². The first kappa shape index (κ1) is 19.1. The van der Waals surface area contributed by atoms with Crippen LogP contribution in [0.4, 0.5) is 5.13 Å². The first-order valence-corrected chi connectivity index (χ1v) is 10.2. The van der Waals surface area contributed by atoms with Crippen molar-refractivity contribution in [2.45, 2.75) is 20.4 Å². The molecule has 2 aromatic carbocycles. The summed E-state index contributed by atoms with van der Waals surface area (Å²) < 4.78 is 8.12. The lowest BCUT2D eigenvalue weighted by molar-refractivity contribution is 0.0985. The highest BCUT2D eigenvalue weighted by Crippen LogP contribution is 2.32. The van der Waals surface area contributed by atoms with Gasteiger partial charge in [0.25, 0.3) is 5.91 Å². The van der Waals surface area contributed by atoms with E-state index in [0.717, 1.165) is 27.1 Å². The summed E-state index contributed by atoms with van der Waals surface area (Å²) in [5, 5.41) is 4.92. The predicted molar refractivity (Wildman–Crippen MR) is 116 cm³/mol. The van der Waals surface area contributed by atoms with Gasteiger partial charge in [0.2, 0.25) is 0 Å². The minimum absolute atomic E-state index is 0.0636. The highest BCUT2D eigenvalue weighted by atomic mass is 32.1. The number of rotatable bonds is 6. The molecule has 29 heavy (non-hydrogen) atoms. The van der Waals surface area contributed by atoms with Gasteiger partial charge < -0.3 is 4.74 Å². The summed E-state index contributed by atoms with van der Waals surface area (Å²) >= 11 is 1.49. The van der Waals surface area contributed by atoms with E-state index in [-0.39, 0.29) is 5.91 Å². The molecule has 2 aromatic heterocycles. The van der Waals surface area contributed by atoms with Crippen molar-refractivity contribution in [1.82, 2.24) is 14.8 Å². The number of aryl methyl sites for hydroxylation is 2. The van der Waals surface area contributed by atoms with E-state index in [2.05, 4.69) is 5.10 Å². The van der Waals surface area contributed by atoms with Crippen molar-refractivity contribution in [3.05, 3.63) is 71.5 Å². The van der Waals surface area contributed by atoms with Crippen molar-refractivity contribution in [3.8, 4) is 5.75 Å². The number of amides is 1. The van der Waals surface area contributed by atoms with Gasteiger partial charge in [-0.3, -0.25) is 14.4 Å². The van der Waals surface area contributed by atoms with E-state index in [9.17, 15) is 4.79 Å². The molecule has 0 atom stereocenters. The molecule has 0 saturated heterocycles. The number of thiazole rings is 1. The Bertz CT molecular complexity index is 1150. The van der Waals surface area contributed by atoms with Crippen LogP contribution >= 0.6 is 11.3 Å². The van der Waals surface area contributed by atoms with Crippen LogP contribution in [0.3, 0.4) is 0 Å². The van der Waals surface area contributed by atoms with E-state index in [0.29, 0.717) is 23.8 Å². The molecule has 2 heterocycles. The Balaban J connectivity index is 1.70. The van der Waals surface area contributed by atoms with E-state index in [1.807, 2.05) is 67.2 Å². The first-order chi connectivity index (χ1) is 14.0. The maximum Gasteiger partial charge on any atom is 0.260 e. The molecule has 4 rings (SSSR count). The lowest BCUT2D eigenvalue weighted by Crippen LogP contribution is -2.34. The first-order valence-electron chi connectivity index (χ1n) is 9.36. The third-order valence-electron chi connectivity index (χ3n) is 4.93. The van der Waals surface area contributed by atoms with Crippen molar-refractivity contribution >= 4 is 32.6 Å². The summed E-state index contributed by atoms with van der Waals surface area (Å²) in [6.45, 7) is 5.12. The quantitative estimate of drug-likeness (QED) is 0.474. The van der Waals surface area contributed by atoms with Gasteiger partial charge in [-0.15, -0.1) is 0 Å². The zero-order valence-corrected chi connectivity index (χ0v) is 17.4. The minimum Gasteiger partial charge on any atom is -0.497 e. The van der Waals surface area contributed by atoms with Crippen LogP contribution in [-0.2, 0) is 6.54 Å². The maximum absolute atomic E-state index is 13.4. The van der Waals surface area contributed by atoms with Crippen LogP contribution in [0.5, 0.6) is 5.75 Å². The normalized spacial score (nSPS) is 11.0. The van der Waals surface area contributed by atoms with Crippen LogP contribution in [0, 0.1) is 13.8 Å². The smallest absolute Gasteiger partial charge is 0.260 e. The average molecular weight is 407 g/mol. The van der Waals surface area contributed by atoms with Gasteiger partial charge in [-0.25, -0.2) is 4.98 Å². The standard InChI is InChI=1S/C22H22N4O2S/c1-15-5-6-17(13-16(15)2)21(27)26(12-11-25-10-4-9-23-25)22-24-19-8-7-18(28-3)14-20(19)29-22/h4-10,13-14H,11-12H2,1-3H3.